The lowest BCUT2D eigenvalue weighted by atomic mass is 9.79. The summed E-state index contributed by atoms with van der Waals surface area (Å²) >= 11 is 0. The zero-order valence-electron chi connectivity index (χ0n) is 12.8. The van der Waals surface area contributed by atoms with Crippen LogP contribution in [0.5, 0.6) is 0 Å². The first kappa shape index (κ1) is 14.5. The van der Waals surface area contributed by atoms with Gasteiger partial charge in [-0.1, -0.05) is 5.16 Å². The van der Waals surface area contributed by atoms with Gasteiger partial charge in [0.1, 0.15) is 0 Å². The number of rotatable bonds is 3. The fraction of sp³-hybridized carbons (Fsp3) is 0.733. The molecule has 1 aromatic rings. The van der Waals surface area contributed by atoms with Gasteiger partial charge in [0.2, 0.25) is 5.76 Å². The molecule has 0 bridgehead atoms. The van der Waals surface area contributed by atoms with Gasteiger partial charge in [-0.2, -0.15) is 0 Å². The molecule has 0 aromatic carbocycles. The van der Waals surface area contributed by atoms with Crippen molar-refractivity contribution < 1.29 is 18.8 Å². The van der Waals surface area contributed by atoms with E-state index in [1.165, 1.54) is 0 Å². The van der Waals surface area contributed by atoms with Crippen LogP contribution in [0.3, 0.4) is 0 Å². The molecule has 2 heterocycles. The average molecular weight is 294 g/mol. The maximum Gasteiger partial charge on any atom is 0.292 e. The molecule has 1 saturated heterocycles. The topological polar surface area (TPSA) is 64.8 Å². The minimum absolute atomic E-state index is 0.0408. The van der Waals surface area contributed by atoms with E-state index in [-0.39, 0.29) is 23.7 Å². The number of methoxy groups -OCH3 is 2. The van der Waals surface area contributed by atoms with Gasteiger partial charge in [-0.25, -0.2) is 0 Å². The summed E-state index contributed by atoms with van der Waals surface area (Å²) in [6.07, 6.45) is 3.76. The number of hydrogen-bond donors (Lipinski definition) is 0. The minimum Gasteiger partial charge on any atom is -0.381 e. The van der Waals surface area contributed by atoms with E-state index < -0.39 is 0 Å². The van der Waals surface area contributed by atoms with Crippen LogP contribution in [0, 0.1) is 6.92 Å². The number of amides is 1. The minimum atomic E-state index is -0.236. The Kier molecular flexibility index (Phi) is 3.75. The lowest BCUT2D eigenvalue weighted by Gasteiger charge is -2.43. The maximum atomic E-state index is 12.7. The average Bonchev–Trinajstić information content (AvgIpc) is 3.10. The van der Waals surface area contributed by atoms with Crippen molar-refractivity contribution in [1.82, 2.24) is 10.1 Å². The molecule has 0 radical (unpaired) electrons. The van der Waals surface area contributed by atoms with Crippen molar-refractivity contribution in [2.24, 2.45) is 0 Å². The summed E-state index contributed by atoms with van der Waals surface area (Å²) in [5.41, 5.74) is 0.480. The van der Waals surface area contributed by atoms with Gasteiger partial charge in [0.15, 0.2) is 0 Å². The Balaban J connectivity index is 1.84. The van der Waals surface area contributed by atoms with Gasteiger partial charge in [-0.15, -0.1) is 0 Å². The van der Waals surface area contributed by atoms with Crippen molar-refractivity contribution in [3.63, 3.8) is 0 Å². The molecule has 6 nitrogen and oxygen atoms in total. The van der Waals surface area contributed by atoms with E-state index in [0.717, 1.165) is 25.7 Å². The first-order valence-electron chi connectivity index (χ1n) is 7.42. The van der Waals surface area contributed by atoms with Crippen molar-refractivity contribution in [3.05, 3.63) is 17.5 Å². The monoisotopic (exact) mass is 294 g/mol. The van der Waals surface area contributed by atoms with Crippen molar-refractivity contribution in [2.45, 2.75) is 50.4 Å². The molecule has 1 amide bonds. The number of aryl methyl sites for hydroxylation is 1. The van der Waals surface area contributed by atoms with Gasteiger partial charge in [-0.05, 0) is 32.6 Å². The standard InChI is InChI=1S/C15H22N2O4/c1-10-8-12(21-16-10)14(18)17-7-6-15(20-3)5-4-11(19-2)9-13(15)17/h8,11,13H,4-7,9H2,1-3H3/t11-,13-,15+/m0/s1. The third kappa shape index (κ3) is 2.36. The molecule has 1 saturated carbocycles. The number of ether oxygens (including phenoxy) is 2. The predicted octanol–water partition coefficient (Wildman–Crippen LogP) is 1.78. The second kappa shape index (κ2) is 5.42. The summed E-state index contributed by atoms with van der Waals surface area (Å²) in [6.45, 7) is 2.50. The molecule has 3 rings (SSSR count). The highest BCUT2D eigenvalue weighted by molar-refractivity contribution is 5.92. The Labute approximate surface area is 124 Å². The van der Waals surface area contributed by atoms with Crippen LogP contribution >= 0.6 is 0 Å². The molecule has 1 aromatic heterocycles. The number of carbonyl (C=O) groups is 1. The van der Waals surface area contributed by atoms with Gasteiger partial charge in [-0.3, -0.25) is 4.79 Å². The maximum absolute atomic E-state index is 12.7. The molecule has 21 heavy (non-hydrogen) atoms. The Morgan fingerprint density at radius 3 is 2.90 bits per heavy atom. The van der Waals surface area contributed by atoms with Crippen LogP contribution in [0.1, 0.15) is 41.9 Å². The van der Waals surface area contributed by atoms with Gasteiger partial charge in [0.05, 0.1) is 23.4 Å². The summed E-state index contributed by atoms with van der Waals surface area (Å²) in [5.74, 6) is 0.204. The molecule has 2 fully saturated rings. The molecule has 0 N–H and O–H groups in total. The van der Waals surface area contributed by atoms with Gasteiger partial charge < -0.3 is 18.9 Å². The van der Waals surface area contributed by atoms with Crippen molar-refractivity contribution in [3.8, 4) is 0 Å². The molecule has 1 aliphatic carbocycles. The van der Waals surface area contributed by atoms with E-state index >= 15 is 0 Å². The summed E-state index contributed by atoms with van der Waals surface area (Å²) < 4.78 is 16.4. The van der Waals surface area contributed by atoms with Crippen LogP contribution < -0.4 is 0 Å². The van der Waals surface area contributed by atoms with E-state index in [1.807, 2.05) is 11.8 Å². The highest BCUT2D eigenvalue weighted by Crippen LogP contribution is 2.43. The van der Waals surface area contributed by atoms with Gasteiger partial charge >= 0.3 is 0 Å². The fourth-order valence-electron chi connectivity index (χ4n) is 3.73. The van der Waals surface area contributed by atoms with Crippen LogP contribution in [0.15, 0.2) is 10.6 Å². The second-order valence-electron chi connectivity index (χ2n) is 6.00. The van der Waals surface area contributed by atoms with Crippen molar-refractivity contribution in [2.75, 3.05) is 20.8 Å². The third-order valence-electron chi connectivity index (χ3n) is 4.97. The lowest BCUT2D eigenvalue weighted by molar-refractivity contribution is -0.0896. The highest BCUT2D eigenvalue weighted by atomic mass is 16.5. The third-order valence-corrected chi connectivity index (χ3v) is 4.97. The van der Waals surface area contributed by atoms with Crippen LogP contribution in [-0.4, -0.2) is 54.5 Å². The Morgan fingerprint density at radius 2 is 2.29 bits per heavy atom. The predicted molar refractivity (Wildman–Crippen MR) is 75.1 cm³/mol. The first-order valence-corrected chi connectivity index (χ1v) is 7.42. The molecule has 3 atom stereocenters. The zero-order valence-corrected chi connectivity index (χ0v) is 12.8. The molecule has 0 unspecified atom stereocenters. The van der Waals surface area contributed by atoms with E-state index in [9.17, 15) is 4.79 Å². The number of carbonyl (C=O) groups excluding carboxylic acids is 1. The quantitative estimate of drug-likeness (QED) is 0.850. The largest absolute Gasteiger partial charge is 0.381 e. The molecule has 0 spiro atoms. The number of hydrogen-bond acceptors (Lipinski definition) is 5. The molecule has 1 aliphatic heterocycles. The second-order valence-corrected chi connectivity index (χ2v) is 6.00. The van der Waals surface area contributed by atoms with Crippen LogP contribution in [0.2, 0.25) is 0 Å². The summed E-state index contributed by atoms with van der Waals surface area (Å²) in [6, 6.07) is 1.73. The normalized spacial score (nSPS) is 32.2. The van der Waals surface area contributed by atoms with Crippen molar-refractivity contribution in [1.29, 1.82) is 0 Å². The van der Waals surface area contributed by atoms with Gasteiger partial charge in [0, 0.05) is 26.8 Å². The number of nitrogens with zero attached hydrogens (tertiary/aromatic N) is 2. The summed E-state index contributed by atoms with van der Waals surface area (Å²) in [4.78, 5) is 14.5. The Morgan fingerprint density at radius 1 is 1.48 bits per heavy atom. The van der Waals surface area contributed by atoms with E-state index in [0.29, 0.717) is 18.0 Å². The van der Waals surface area contributed by atoms with E-state index in [2.05, 4.69) is 5.16 Å². The SMILES string of the molecule is CO[C@H]1CC[C@@]2(OC)CCN(C(=O)c3cc(C)no3)[C@H]2C1. The van der Waals surface area contributed by atoms with Crippen LogP contribution in [-0.2, 0) is 9.47 Å². The Bertz CT molecular complexity index is 529. The van der Waals surface area contributed by atoms with Gasteiger partial charge in [0.25, 0.3) is 5.91 Å². The lowest BCUT2D eigenvalue weighted by Crippen LogP contribution is -2.53. The van der Waals surface area contributed by atoms with Crippen LogP contribution in [0.25, 0.3) is 0 Å². The van der Waals surface area contributed by atoms with E-state index in [4.69, 9.17) is 14.0 Å². The number of aromatic nitrogens is 1. The summed E-state index contributed by atoms with van der Waals surface area (Å²) in [5, 5.41) is 3.80. The molecule has 6 heteroatoms. The zero-order chi connectivity index (χ0) is 15.0. The Hall–Kier alpha value is -1.40. The molecular formula is C15H22N2O4. The van der Waals surface area contributed by atoms with Crippen LogP contribution in [0.4, 0.5) is 0 Å². The first-order chi connectivity index (χ1) is 10.1. The summed E-state index contributed by atoms with van der Waals surface area (Å²) in [7, 11) is 3.47. The number of fused-ring (bicyclic) bond motifs is 1. The molecular weight excluding hydrogens is 272 g/mol. The van der Waals surface area contributed by atoms with Crippen molar-refractivity contribution >= 4 is 5.91 Å². The smallest absolute Gasteiger partial charge is 0.292 e. The fourth-order valence-corrected chi connectivity index (χ4v) is 3.73. The number of likely N-dealkylation sites (tertiary alicyclic amines) is 1. The highest BCUT2D eigenvalue weighted by Gasteiger charge is 2.53. The molecule has 116 valence electrons. The molecule has 2 aliphatic rings. The van der Waals surface area contributed by atoms with E-state index in [1.54, 1.807) is 20.3 Å².